The van der Waals surface area contributed by atoms with Gasteiger partial charge in [-0.15, -0.1) is 0 Å². The quantitative estimate of drug-likeness (QED) is 0.213. The average molecular weight is 873 g/mol. The minimum absolute atomic E-state index is 0. The first-order valence-electron chi connectivity index (χ1n) is 22.4. The summed E-state index contributed by atoms with van der Waals surface area (Å²) in [5, 5.41) is 3.29. The summed E-state index contributed by atoms with van der Waals surface area (Å²) < 4.78 is 5.48. The zero-order chi connectivity index (χ0) is 39.5. The third-order valence-corrected chi connectivity index (χ3v) is 13.8. The number of amides is 5. The highest BCUT2D eigenvalue weighted by atomic mass is 32.1. The number of hydrogen-bond acceptors (Lipinski definition) is 7. The summed E-state index contributed by atoms with van der Waals surface area (Å²) in [7, 11) is 7.71. The smallest absolute Gasteiger partial charge is 0.410 e. The van der Waals surface area contributed by atoms with Crippen LogP contribution in [0.5, 0.6) is 0 Å². The molecule has 2 aliphatic carbocycles. The summed E-state index contributed by atoms with van der Waals surface area (Å²) in [5.74, 6) is 1.97. The molecule has 0 unspecified atom stereocenters. The summed E-state index contributed by atoms with van der Waals surface area (Å²) in [6.45, 7) is 15.3. The molecule has 6 rings (SSSR count). The van der Waals surface area contributed by atoms with Crippen molar-refractivity contribution in [3.63, 3.8) is 0 Å². The molecule has 14 heteroatoms. The molecule has 0 radical (unpaired) electrons. The molecular formula is C45H92N8O4S2. The van der Waals surface area contributed by atoms with Gasteiger partial charge in [-0.05, 0) is 104 Å². The number of hydrogen-bond donors (Lipinski definition) is 1. The summed E-state index contributed by atoms with van der Waals surface area (Å²) in [4.78, 5) is 52.8. The van der Waals surface area contributed by atoms with E-state index in [2.05, 4.69) is 15.1 Å². The van der Waals surface area contributed by atoms with Crippen molar-refractivity contribution in [2.45, 2.75) is 168 Å². The van der Waals surface area contributed by atoms with Gasteiger partial charge in [0.1, 0.15) is 5.60 Å². The number of likely N-dealkylation sites (tertiary alicyclic amines) is 4. The number of likely N-dealkylation sites (N-methyl/N-ethyl adjacent to an activating group) is 4. The number of rotatable bonds is 12. The third-order valence-electron chi connectivity index (χ3n) is 13.8. The lowest BCUT2D eigenvalue weighted by Gasteiger charge is -2.31. The largest absolute Gasteiger partial charge is 0.444 e. The zero-order valence-electron chi connectivity index (χ0n) is 37.1. The van der Waals surface area contributed by atoms with Crippen LogP contribution in [0.4, 0.5) is 14.4 Å². The third kappa shape index (κ3) is 16.9. The average Bonchev–Trinajstić information content (AvgIpc) is 4.02. The molecule has 0 aromatic heterocycles. The first kappa shape index (κ1) is 55.4. The molecule has 6 fully saturated rings. The van der Waals surface area contributed by atoms with Crippen LogP contribution in [0, 0.1) is 11.8 Å². The van der Waals surface area contributed by atoms with Gasteiger partial charge in [-0.1, -0.05) is 66.2 Å². The summed E-state index contributed by atoms with van der Waals surface area (Å²) in [6.07, 6.45) is 20.7. The predicted molar refractivity (Wildman–Crippen MR) is 256 cm³/mol. The molecule has 4 heterocycles. The molecule has 5 amide bonds. The van der Waals surface area contributed by atoms with Crippen LogP contribution >= 0.6 is 27.0 Å². The molecule has 59 heavy (non-hydrogen) atoms. The van der Waals surface area contributed by atoms with Crippen molar-refractivity contribution < 1.29 is 19.1 Å². The zero-order valence-corrected chi connectivity index (χ0v) is 39.1. The maximum atomic E-state index is 13.1. The fourth-order valence-corrected chi connectivity index (χ4v) is 10.1. The minimum Gasteiger partial charge on any atom is -0.444 e. The Kier molecular flexibility index (Phi) is 25.1. The molecule has 0 aromatic rings. The Bertz CT molecular complexity index is 1220. The molecule has 4 saturated heterocycles. The topological polar surface area (TPSA) is 95.1 Å². The fourth-order valence-electron chi connectivity index (χ4n) is 10.1. The van der Waals surface area contributed by atoms with Gasteiger partial charge in [-0.25, -0.2) is 14.4 Å². The maximum Gasteiger partial charge on any atom is 0.410 e. The molecule has 1 N–H and O–H groups in total. The number of ether oxygens (including phenoxy) is 1. The van der Waals surface area contributed by atoms with Crippen LogP contribution in [0.15, 0.2) is 0 Å². The molecule has 4 aliphatic heterocycles. The van der Waals surface area contributed by atoms with Crippen molar-refractivity contribution in [1.29, 1.82) is 0 Å². The Labute approximate surface area is 376 Å². The molecule has 6 aliphatic rings. The van der Waals surface area contributed by atoms with Gasteiger partial charge < -0.3 is 44.4 Å². The van der Waals surface area contributed by atoms with Crippen LogP contribution in [0.3, 0.4) is 0 Å². The fraction of sp³-hybridized carbons (Fsp3) is 0.933. The molecule has 4 atom stereocenters. The van der Waals surface area contributed by atoms with Gasteiger partial charge >= 0.3 is 18.2 Å². The van der Waals surface area contributed by atoms with E-state index in [1.807, 2.05) is 61.5 Å². The Balaban J connectivity index is 0.000000567. The summed E-state index contributed by atoms with van der Waals surface area (Å²) >= 11 is 0. The van der Waals surface area contributed by atoms with E-state index >= 15 is 0 Å². The molecule has 2 saturated carbocycles. The number of nitrogens with zero attached hydrogens (tertiary/aromatic N) is 7. The van der Waals surface area contributed by atoms with Gasteiger partial charge in [0.15, 0.2) is 0 Å². The predicted octanol–water partition coefficient (Wildman–Crippen LogP) is 7.90. The minimum atomic E-state index is -0.509. The van der Waals surface area contributed by atoms with Crippen LogP contribution in [-0.2, 0) is 4.74 Å². The van der Waals surface area contributed by atoms with Crippen molar-refractivity contribution in [2.24, 2.45) is 11.8 Å². The van der Waals surface area contributed by atoms with Crippen molar-refractivity contribution in [1.82, 2.24) is 39.6 Å². The Morgan fingerprint density at radius 2 is 1.00 bits per heavy atom. The van der Waals surface area contributed by atoms with Gasteiger partial charge in [0.05, 0.1) is 6.04 Å². The van der Waals surface area contributed by atoms with E-state index in [0.717, 1.165) is 76.8 Å². The number of nitrogens with one attached hydrogen (secondary N) is 1. The first-order chi connectivity index (χ1) is 26.3. The highest BCUT2D eigenvalue weighted by Crippen LogP contribution is 2.30. The normalized spacial score (nSPS) is 25.0. The molecule has 348 valence electrons. The van der Waals surface area contributed by atoms with Gasteiger partial charge in [0, 0.05) is 91.6 Å². The standard InChI is InChI=1S/C24H44N4O3.C19H36N4O.2CH4.2H2S/c1-24(2,3)31-23(30)26(5)21-13-16-28(18-21)22(29)25(4)20-12-15-27(17-20)14-8-11-19-9-6-7-10-19;1-20-17-9-13-23(14-17)19(24)21(2)18-10-12-22(15-18)11-5-8-16-6-3-4-7-16;;;;/h19-21H,6-18H2,1-5H3;16-18,20H,3-15H2,1-2H3;2*1H4;2*1H2/t20-,21+;17-,18+;;;;/m10..../s1. The monoisotopic (exact) mass is 873 g/mol. The van der Waals surface area contributed by atoms with E-state index in [4.69, 9.17) is 4.74 Å². The van der Waals surface area contributed by atoms with E-state index < -0.39 is 5.60 Å². The van der Waals surface area contributed by atoms with Crippen molar-refractivity contribution in [3.05, 3.63) is 0 Å². The second-order valence-electron chi connectivity index (χ2n) is 19.1. The van der Waals surface area contributed by atoms with Crippen LogP contribution in [0.25, 0.3) is 0 Å². The van der Waals surface area contributed by atoms with Crippen LogP contribution in [-0.4, -0.2) is 176 Å². The molecule has 12 nitrogen and oxygen atoms in total. The second-order valence-corrected chi connectivity index (χ2v) is 19.1. The molecule has 0 bridgehead atoms. The Hall–Kier alpha value is -1.61. The Morgan fingerprint density at radius 1 is 0.593 bits per heavy atom. The molecule has 0 spiro atoms. The number of carbonyl (C=O) groups excluding carboxylic acids is 3. The molecular weight excluding hydrogens is 781 g/mol. The van der Waals surface area contributed by atoms with Crippen molar-refractivity contribution in [2.75, 3.05) is 93.6 Å². The number of urea groups is 2. The van der Waals surface area contributed by atoms with Crippen LogP contribution < -0.4 is 5.32 Å². The molecule has 0 aromatic carbocycles. The van der Waals surface area contributed by atoms with Crippen molar-refractivity contribution in [3.8, 4) is 0 Å². The first-order valence-corrected chi connectivity index (χ1v) is 22.4. The maximum absolute atomic E-state index is 13.1. The van der Waals surface area contributed by atoms with E-state index in [1.54, 1.807) is 11.9 Å². The lowest BCUT2D eigenvalue weighted by atomic mass is 10.0. The van der Waals surface area contributed by atoms with Crippen molar-refractivity contribution >= 4 is 45.1 Å². The van der Waals surface area contributed by atoms with Crippen LogP contribution in [0.1, 0.15) is 138 Å². The van der Waals surface area contributed by atoms with E-state index in [1.165, 1.54) is 90.1 Å². The van der Waals surface area contributed by atoms with E-state index in [0.29, 0.717) is 31.2 Å². The summed E-state index contributed by atoms with van der Waals surface area (Å²) in [5.41, 5.74) is -0.509. The highest BCUT2D eigenvalue weighted by Gasteiger charge is 2.37. The Morgan fingerprint density at radius 3 is 1.42 bits per heavy atom. The lowest BCUT2D eigenvalue weighted by molar-refractivity contribution is 0.0229. The van der Waals surface area contributed by atoms with Gasteiger partial charge in [-0.2, -0.15) is 27.0 Å². The van der Waals surface area contributed by atoms with E-state index in [9.17, 15) is 14.4 Å². The lowest BCUT2D eigenvalue weighted by Crippen LogP contribution is -2.48. The highest BCUT2D eigenvalue weighted by molar-refractivity contribution is 7.59. The van der Waals surface area contributed by atoms with Gasteiger partial charge in [0.25, 0.3) is 0 Å². The van der Waals surface area contributed by atoms with Gasteiger partial charge in [0.2, 0.25) is 0 Å². The number of carbonyl (C=O) groups is 3. The van der Waals surface area contributed by atoms with E-state index in [-0.39, 0.29) is 66.0 Å². The van der Waals surface area contributed by atoms with Crippen LogP contribution in [0.2, 0.25) is 0 Å². The second kappa shape index (κ2) is 26.8. The SMILES string of the molecule is C.C.CN(C(=O)OC(C)(C)C)[C@H]1CCN(C(=O)N(C)[C@@H]2CCN(CCCC3CCCC3)C2)C1.CN[C@H]1CCN(C(=O)N(C)[C@@H]2CCN(CCCC3CCCC3)C2)C1.S.S. The van der Waals surface area contributed by atoms with Gasteiger partial charge in [-0.3, -0.25) is 0 Å². The summed E-state index contributed by atoms with van der Waals surface area (Å²) in [6, 6.07) is 1.50.